The lowest BCUT2D eigenvalue weighted by Gasteiger charge is -2.13. The molecule has 0 aliphatic heterocycles. The standard InChI is InChI=1S/C24H25N3O5/c1-15-4-5-25-14-22(15)18-6-16(13-27-24(29)30)7-19(10-18)23(28)26-12-17-8-20(31-2)11-21(9-17)32-3/h4-11,14,27H,12-13H2,1-3H3,(H,26,28)(H,29,30). The fourth-order valence-electron chi connectivity index (χ4n) is 3.28. The van der Waals surface area contributed by atoms with Crippen LogP contribution < -0.4 is 20.1 Å². The summed E-state index contributed by atoms with van der Waals surface area (Å²) in [5.74, 6) is 0.973. The average molecular weight is 435 g/mol. The van der Waals surface area contributed by atoms with Gasteiger partial charge in [-0.2, -0.15) is 0 Å². The van der Waals surface area contributed by atoms with Gasteiger partial charge in [-0.25, -0.2) is 4.79 Å². The van der Waals surface area contributed by atoms with Crippen LogP contribution in [0.25, 0.3) is 11.1 Å². The van der Waals surface area contributed by atoms with E-state index < -0.39 is 6.09 Å². The van der Waals surface area contributed by atoms with Gasteiger partial charge < -0.3 is 25.2 Å². The van der Waals surface area contributed by atoms with Crippen LogP contribution in [0.1, 0.15) is 27.0 Å². The lowest BCUT2D eigenvalue weighted by molar-refractivity contribution is 0.0950. The Bertz CT molecular complexity index is 1110. The molecule has 2 aromatic carbocycles. The minimum absolute atomic E-state index is 0.0792. The number of nitrogens with zero attached hydrogens (tertiary/aromatic N) is 1. The molecule has 0 atom stereocenters. The molecule has 8 nitrogen and oxygen atoms in total. The van der Waals surface area contributed by atoms with Crippen molar-refractivity contribution in [2.75, 3.05) is 14.2 Å². The lowest BCUT2D eigenvalue weighted by Crippen LogP contribution is -2.24. The largest absolute Gasteiger partial charge is 0.497 e. The summed E-state index contributed by atoms with van der Waals surface area (Å²) >= 11 is 0. The summed E-state index contributed by atoms with van der Waals surface area (Å²) in [6.07, 6.45) is 2.29. The Morgan fingerprint density at radius 3 is 2.22 bits per heavy atom. The Morgan fingerprint density at radius 2 is 1.59 bits per heavy atom. The number of pyridine rings is 1. The molecule has 0 fully saturated rings. The highest BCUT2D eigenvalue weighted by molar-refractivity contribution is 5.95. The maximum Gasteiger partial charge on any atom is 0.404 e. The predicted octanol–water partition coefficient (Wildman–Crippen LogP) is 3.77. The number of carbonyl (C=O) groups excluding carboxylic acids is 1. The molecular formula is C24H25N3O5. The monoisotopic (exact) mass is 435 g/mol. The summed E-state index contributed by atoms with van der Waals surface area (Å²) in [6.45, 7) is 2.30. The Balaban J connectivity index is 1.87. The number of aryl methyl sites for hydroxylation is 1. The van der Waals surface area contributed by atoms with Gasteiger partial charge in [0.2, 0.25) is 0 Å². The van der Waals surface area contributed by atoms with Crippen molar-refractivity contribution in [3.05, 3.63) is 77.1 Å². The number of rotatable bonds is 8. The average Bonchev–Trinajstić information content (AvgIpc) is 2.81. The first-order chi connectivity index (χ1) is 15.4. The SMILES string of the molecule is COc1cc(CNC(=O)c2cc(CNC(=O)O)cc(-c3cnccc3C)c2)cc(OC)c1. The van der Waals surface area contributed by atoms with Crippen molar-refractivity contribution in [3.8, 4) is 22.6 Å². The van der Waals surface area contributed by atoms with Crippen molar-refractivity contribution in [1.29, 1.82) is 0 Å². The number of methoxy groups -OCH3 is 2. The topological polar surface area (TPSA) is 110 Å². The van der Waals surface area contributed by atoms with Crippen molar-refractivity contribution < 1.29 is 24.2 Å². The van der Waals surface area contributed by atoms with E-state index in [4.69, 9.17) is 14.6 Å². The van der Waals surface area contributed by atoms with Crippen LogP contribution in [0.5, 0.6) is 11.5 Å². The number of carboxylic acid groups (broad SMARTS) is 1. The third-order valence-corrected chi connectivity index (χ3v) is 4.91. The number of amides is 2. The van der Waals surface area contributed by atoms with E-state index in [2.05, 4.69) is 15.6 Å². The van der Waals surface area contributed by atoms with Crippen LogP contribution >= 0.6 is 0 Å². The highest BCUT2D eigenvalue weighted by Crippen LogP contribution is 2.26. The first-order valence-electron chi connectivity index (χ1n) is 9.91. The van der Waals surface area contributed by atoms with E-state index >= 15 is 0 Å². The molecule has 32 heavy (non-hydrogen) atoms. The van der Waals surface area contributed by atoms with Crippen molar-refractivity contribution in [2.45, 2.75) is 20.0 Å². The Morgan fingerprint density at radius 1 is 0.938 bits per heavy atom. The molecule has 0 saturated heterocycles. The Labute approximate surface area is 186 Å². The summed E-state index contributed by atoms with van der Waals surface area (Å²) < 4.78 is 10.5. The van der Waals surface area contributed by atoms with E-state index in [-0.39, 0.29) is 19.0 Å². The minimum atomic E-state index is -1.13. The van der Waals surface area contributed by atoms with Crippen LogP contribution in [0.2, 0.25) is 0 Å². The summed E-state index contributed by atoms with van der Waals surface area (Å²) in [4.78, 5) is 28.1. The van der Waals surface area contributed by atoms with Gasteiger partial charge in [0.15, 0.2) is 0 Å². The summed E-state index contributed by atoms with van der Waals surface area (Å²) in [6, 6.07) is 12.6. The summed E-state index contributed by atoms with van der Waals surface area (Å²) in [5.41, 5.74) is 4.56. The maximum absolute atomic E-state index is 13.0. The minimum Gasteiger partial charge on any atom is -0.497 e. The number of benzene rings is 2. The molecule has 8 heteroatoms. The number of carbonyl (C=O) groups is 2. The van der Waals surface area contributed by atoms with E-state index in [1.807, 2.05) is 31.2 Å². The molecule has 1 heterocycles. The van der Waals surface area contributed by atoms with Crippen LogP contribution in [0.3, 0.4) is 0 Å². The lowest BCUT2D eigenvalue weighted by atomic mass is 9.97. The van der Waals surface area contributed by atoms with Crippen LogP contribution in [0, 0.1) is 6.92 Å². The molecule has 0 aliphatic carbocycles. The van der Waals surface area contributed by atoms with Gasteiger partial charge >= 0.3 is 6.09 Å². The molecule has 3 rings (SSSR count). The van der Waals surface area contributed by atoms with Gasteiger partial charge in [0, 0.05) is 42.7 Å². The van der Waals surface area contributed by atoms with Gasteiger partial charge in [0.05, 0.1) is 14.2 Å². The number of nitrogens with one attached hydrogen (secondary N) is 2. The van der Waals surface area contributed by atoms with Gasteiger partial charge in [-0.1, -0.05) is 0 Å². The normalized spacial score (nSPS) is 10.3. The fraction of sp³-hybridized carbons (Fsp3) is 0.208. The predicted molar refractivity (Wildman–Crippen MR) is 120 cm³/mol. The summed E-state index contributed by atoms with van der Waals surface area (Å²) in [7, 11) is 3.13. The second kappa shape index (κ2) is 10.3. The highest BCUT2D eigenvalue weighted by Gasteiger charge is 2.13. The molecular weight excluding hydrogens is 410 g/mol. The molecule has 0 radical (unpaired) electrons. The van der Waals surface area contributed by atoms with E-state index in [0.717, 1.165) is 22.3 Å². The number of hydrogen-bond acceptors (Lipinski definition) is 5. The number of ether oxygens (including phenoxy) is 2. The van der Waals surface area contributed by atoms with Gasteiger partial charge in [-0.15, -0.1) is 0 Å². The number of aromatic nitrogens is 1. The smallest absolute Gasteiger partial charge is 0.404 e. The van der Waals surface area contributed by atoms with Gasteiger partial charge in [0.1, 0.15) is 11.5 Å². The molecule has 0 bridgehead atoms. The molecule has 0 unspecified atom stereocenters. The van der Waals surface area contributed by atoms with Crippen molar-refractivity contribution in [2.24, 2.45) is 0 Å². The molecule has 0 spiro atoms. The van der Waals surface area contributed by atoms with E-state index in [1.54, 1.807) is 44.8 Å². The fourth-order valence-corrected chi connectivity index (χ4v) is 3.28. The zero-order valence-electron chi connectivity index (χ0n) is 18.1. The third kappa shape index (κ3) is 5.75. The Kier molecular flexibility index (Phi) is 7.28. The van der Waals surface area contributed by atoms with E-state index in [0.29, 0.717) is 22.6 Å². The second-order valence-electron chi connectivity index (χ2n) is 7.17. The molecule has 0 saturated carbocycles. The van der Waals surface area contributed by atoms with Crippen LogP contribution in [0.4, 0.5) is 4.79 Å². The van der Waals surface area contributed by atoms with E-state index in [1.165, 1.54) is 0 Å². The van der Waals surface area contributed by atoms with E-state index in [9.17, 15) is 9.59 Å². The highest BCUT2D eigenvalue weighted by atomic mass is 16.5. The van der Waals surface area contributed by atoms with Gasteiger partial charge in [-0.05, 0) is 65.6 Å². The van der Waals surface area contributed by atoms with Gasteiger partial charge in [-0.3, -0.25) is 9.78 Å². The zero-order valence-corrected chi connectivity index (χ0v) is 18.1. The van der Waals surface area contributed by atoms with Crippen LogP contribution in [-0.2, 0) is 13.1 Å². The maximum atomic E-state index is 13.0. The van der Waals surface area contributed by atoms with Gasteiger partial charge in [0.25, 0.3) is 5.91 Å². The first kappa shape index (κ1) is 22.6. The van der Waals surface area contributed by atoms with Crippen molar-refractivity contribution >= 4 is 12.0 Å². The second-order valence-corrected chi connectivity index (χ2v) is 7.17. The Hall–Kier alpha value is -4.07. The summed E-state index contributed by atoms with van der Waals surface area (Å²) in [5, 5.41) is 14.2. The molecule has 3 aromatic rings. The quantitative estimate of drug-likeness (QED) is 0.497. The molecule has 2 amide bonds. The molecule has 166 valence electrons. The molecule has 3 N–H and O–H groups in total. The third-order valence-electron chi connectivity index (χ3n) is 4.91. The van der Waals surface area contributed by atoms with Crippen LogP contribution in [0.15, 0.2) is 54.9 Å². The van der Waals surface area contributed by atoms with Crippen molar-refractivity contribution in [3.63, 3.8) is 0 Å². The van der Waals surface area contributed by atoms with Crippen molar-refractivity contribution in [1.82, 2.24) is 15.6 Å². The first-order valence-corrected chi connectivity index (χ1v) is 9.91. The molecule has 0 aliphatic rings. The number of hydrogen-bond donors (Lipinski definition) is 3. The zero-order chi connectivity index (χ0) is 23.1. The molecule has 1 aromatic heterocycles. The van der Waals surface area contributed by atoms with Crippen LogP contribution in [-0.4, -0.2) is 36.3 Å².